The van der Waals surface area contributed by atoms with Crippen molar-refractivity contribution in [2.24, 2.45) is 10.1 Å². The molecular weight excluding hydrogens is 334 g/mol. The van der Waals surface area contributed by atoms with Crippen LogP contribution in [0, 0.1) is 0 Å². The maximum Gasteiger partial charge on any atom is 0.177 e. The van der Waals surface area contributed by atoms with Crippen molar-refractivity contribution in [1.29, 1.82) is 0 Å². The molecule has 0 unspecified atom stereocenters. The molecule has 1 aromatic rings. The lowest BCUT2D eigenvalue weighted by atomic mass is 10.1. The minimum atomic E-state index is 0. The summed E-state index contributed by atoms with van der Waals surface area (Å²) in [5.41, 5.74) is 5.18. The Morgan fingerprint density at radius 1 is 1.28 bits per heavy atom. The Balaban J connectivity index is 0.00000120. The Morgan fingerprint density at radius 3 is 2.56 bits per heavy atom. The molecule has 1 heterocycles. The van der Waals surface area contributed by atoms with Gasteiger partial charge in [-0.05, 0) is 30.5 Å². The fourth-order valence-corrected chi connectivity index (χ4v) is 2.51. The molecule has 3 nitrogen and oxygen atoms in total. The fraction of sp³-hybridized carbons (Fsp3) is 0.333. The van der Waals surface area contributed by atoms with E-state index in [1.165, 1.54) is 12.8 Å². The van der Waals surface area contributed by atoms with Crippen molar-refractivity contribution in [3.05, 3.63) is 34.9 Å². The summed E-state index contributed by atoms with van der Waals surface area (Å²) in [6.07, 6.45) is 2.44. The van der Waals surface area contributed by atoms with Gasteiger partial charge in [-0.2, -0.15) is 5.10 Å². The number of thioether (sulfide) groups is 1. The monoisotopic (exact) mass is 345 g/mol. The van der Waals surface area contributed by atoms with Crippen LogP contribution in [-0.4, -0.2) is 22.7 Å². The average Bonchev–Trinajstić information content (AvgIpc) is 3.15. The molecule has 18 heavy (non-hydrogen) atoms. The molecular formula is C12H13BrClN3S. The molecule has 1 aliphatic carbocycles. The standard InChI is InChI=1S/C12H12ClN3S.BrH/c13-9-3-1-8(2-4-9)11-7-17-12(16-15-11)14-10-5-6-10;/h1-4,10H,5-7H2,(H,14,16);1H. The maximum absolute atomic E-state index is 5.86. The molecule has 1 aliphatic heterocycles. The van der Waals surface area contributed by atoms with Crippen molar-refractivity contribution in [2.75, 3.05) is 5.75 Å². The number of hydrogen-bond acceptors (Lipinski definition) is 3. The van der Waals surface area contributed by atoms with Crippen LogP contribution in [0.1, 0.15) is 18.4 Å². The number of benzene rings is 1. The van der Waals surface area contributed by atoms with Crippen molar-refractivity contribution in [3.8, 4) is 0 Å². The second kappa shape index (κ2) is 6.08. The number of rotatable bonds is 2. The third-order valence-corrected chi connectivity index (χ3v) is 3.80. The van der Waals surface area contributed by atoms with Crippen LogP contribution < -0.4 is 5.43 Å². The van der Waals surface area contributed by atoms with Crippen LogP contribution in [0.3, 0.4) is 0 Å². The van der Waals surface area contributed by atoms with Gasteiger partial charge in [0.05, 0.1) is 11.8 Å². The summed E-state index contributed by atoms with van der Waals surface area (Å²) in [5.74, 6) is 0.861. The van der Waals surface area contributed by atoms with E-state index in [0.717, 1.165) is 27.2 Å². The Bertz CT molecular complexity index is 483. The molecule has 3 rings (SSSR count). The first-order chi connectivity index (χ1) is 8.31. The minimum absolute atomic E-state index is 0. The average molecular weight is 347 g/mol. The third-order valence-electron chi connectivity index (χ3n) is 2.66. The summed E-state index contributed by atoms with van der Waals surface area (Å²) in [6.45, 7) is 0. The van der Waals surface area contributed by atoms with Gasteiger partial charge in [-0.3, -0.25) is 10.4 Å². The summed E-state index contributed by atoms with van der Waals surface area (Å²) >= 11 is 7.57. The smallest absolute Gasteiger partial charge is 0.177 e. The van der Waals surface area contributed by atoms with Gasteiger partial charge in [0.1, 0.15) is 0 Å². The van der Waals surface area contributed by atoms with E-state index in [4.69, 9.17) is 11.6 Å². The van der Waals surface area contributed by atoms with Crippen molar-refractivity contribution < 1.29 is 0 Å². The van der Waals surface area contributed by atoms with Crippen molar-refractivity contribution in [2.45, 2.75) is 18.9 Å². The van der Waals surface area contributed by atoms with E-state index in [1.807, 2.05) is 24.3 Å². The molecule has 1 saturated carbocycles. The highest BCUT2D eigenvalue weighted by molar-refractivity contribution is 8.93. The SMILES string of the molecule is Br.Clc1ccc(C2=NNC(=NC3CC3)SC2)cc1. The second-order valence-electron chi connectivity index (χ2n) is 4.13. The highest BCUT2D eigenvalue weighted by atomic mass is 79.9. The number of nitrogens with one attached hydrogen (secondary N) is 1. The van der Waals surface area contributed by atoms with Gasteiger partial charge in [-0.15, -0.1) is 17.0 Å². The van der Waals surface area contributed by atoms with E-state index < -0.39 is 0 Å². The van der Waals surface area contributed by atoms with E-state index >= 15 is 0 Å². The zero-order valence-electron chi connectivity index (χ0n) is 9.60. The van der Waals surface area contributed by atoms with E-state index in [1.54, 1.807) is 11.8 Å². The predicted octanol–water partition coefficient (Wildman–Crippen LogP) is 3.48. The molecule has 0 amide bonds. The van der Waals surface area contributed by atoms with Crippen LogP contribution in [0.2, 0.25) is 5.02 Å². The van der Waals surface area contributed by atoms with Crippen molar-refractivity contribution >= 4 is 51.2 Å². The first-order valence-corrected chi connectivity index (χ1v) is 6.97. The molecule has 6 heteroatoms. The molecule has 0 aromatic heterocycles. The summed E-state index contributed by atoms with van der Waals surface area (Å²) in [7, 11) is 0. The molecule has 0 bridgehead atoms. The van der Waals surface area contributed by atoms with Gasteiger partial charge < -0.3 is 0 Å². The van der Waals surface area contributed by atoms with Gasteiger partial charge in [0.2, 0.25) is 0 Å². The zero-order chi connectivity index (χ0) is 11.7. The van der Waals surface area contributed by atoms with Crippen molar-refractivity contribution in [3.63, 3.8) is 0 Å². The third kappa shape index (κ3) is 3.49. The number of hydrazone groups is 1. The molecule has 2 aliphatic rings. The molecule has 0 radical (unpaired) electrons. The van der Waals surface area contributed by atoms with Crippen LogP contribution in [0.25, 0.3) is 0 Å². The maximum atomic E-state index is 5.86. The molecule has 0 atom stereocenters. The van der Waals surface area contributed by atoms with Gasteiger partial charge in [0.25, 0.3) is 0 Å². The van der Waals surface area contributed by atoms with Gasteiger partial charge in [0.15, 0.2) is 5.17 Å². The summed E-state index contributed by atoms with van der Waals surface area (Å²) in [6, 6.07) is 8.30. The van der Waals surface area contributed by atoms with E-state index in [-0.39, 0.29) is 17.0 Å². The van der Waals surface area contributed by atoms with Crippen LogP contribution >= 0.6 is 40.3 Å². The topological polar surface area (TPSA) is 36.8 Å². The molecule has 0 spiro atoms. The minimum Gasteiger partial charge on any atom is -0.258 e. The van der Waals surface area contributed by atoms with E-state index in [2.05, 4.69) is 15.5 Å². The summed E-state index contributed by atoms with van der Waals surface area (Å²) < 4.78 is 0. The van der Waals surface area contributed by atoms with Crippen molar-refractivity contribution in [1.82, 2.24) is 5.43 Å². The van der Waals surface area contributed by atoms with Crippen LogP contribution in [0.15, 0.2) is 34.4 Å². The Morgan fingerprint density at radius 2 is 2.00 bits per heavy atom. The van der Waals surface area contributed by atoms with Gasteiger partial charge in [0, 0.05) is 10.8 Å². The molecule has 1 fully saturated rings. The van der Waals surface area contributed by atoms with E-state index in [0.29, 0.717) is 6.04 Å². The van der Waals surface area contributed by atoms with Crippen LogP contribution in [0.5, 0.6) is 0 Å². The number of nitrogens with zero attached hydrogens (tertiary/aromatic N) is 2. The first kappa shape index (κ1) is 13.9. The first-order valence-electron chi connectivity index (χ1n) is 5.60. The normalized spacial score (nSPS) is 20.9. The number of amidine groups is 1. The number of aliphatic imine (C=N–C) groups is 1. The Hall–Kier alpha value is -0.520. The lowest BCUT2D eigenvalue weighted by molar-refractivity contribution is 0.985. The summed E-state index contributed by atoms with van der Waals surface area (Å²) in [5, 5.41) is 6.06. The largest absolute Gasteiger partial charge is 0.258 e. The molecule has 1 aromatic carbocycles. The zero-order valence-corrected chi connectivity index (χ0v) is 12.9. The van der Waals surface area contributed by atoms with Gasteiger partial charge >= 0.3 is 0 Å². The molecule has 0 saturated heterocycles. The highest BCUT2D eigenvalue weighted by Crippen LogP contribution is 2.25. The Kier molecular flexibility index (Phi) is 4.70. The van der Waals surface area contributed by atoms with E-state index in [9.17, 15) is 0 Å². The molecule has 1 N–H and O–H groups in total. The van der Waals surface area contributed by atoms with Crippen LogP contribution in [-0.2, 0) is 0 Å². The lowest BCUT2D eigenvalue weighted by Gasteiger charge is -2.14. The lowest BCUT2D eigenvalue weighted by Crippen LogP contribution is -2.25. The van der Waals surface area contributed by atoms with Gasteiger partial charge in [-0.1, -0.05) is 35.5 Å². The fourth-order valence-electron chi connectivity index (χ4n) is 1.54. The highest BCUT2D eigenvalue weighted by Gasteiger charge is 2.22. The van der Waals surface area contributed by atoms with Gasteiger partial charge in [-0.25, -0.2) is 0 Å². The second-order valence-corrected chi connectivity index (χ2v) is 5.53. The number of halogens is 2. The number of hydrogen-bond donors (Lipinski definition) is 1. The molecule has 96 valence electrons. The quantitative estimate of drug-likeness (QED) is 0.890. The predicted molar refractivity (Wildman–Crippen MR) is 84.4 cm³/mol. The van der Waals surface area contributed by atoms with Crippen LogP contribution in [0.4, 0.5) is 0 Å². The Labute approximate surface area is 126 Å². The summed E-state index contributed by atoms with van der Waals surface area (Å²) in [4.78, 5) is 4.53.